The number of carbonyl (C=O) groups is 3. The number of amides is 1. The normalized spacial score (nSPS) is 15.3. The molecule has 0 radical (unpaired) electrons. The Bertz CT molecular complexity index is 1220. The SMILES string of the molecule is O=C(O)CCC(=O)Nc1ccc2[nH]cc([C@H](C(=O)O)N3CCN(c4cccc(Cl)c4)CC3)c2c1. The fraction of sp³-hybridized carbons (Fsp3) is 0.292. The number of rotatable bonds is 8. The van der Waals surface area contributed by atoms with Crippen molar-refractivity contribution < 1.29 is 24.6 Å². The van der Waals surface area contributed by atoms with E-state index in [-0.39, 0.29) is 12.8 Å². The smallest absolute Gasteiger partial charge is 0.325 e. The minimum absolute atomic E-state index is 0.137. The molecule has 9 nitrogen and oxygen atoms in total. The van der Waals surface area contributed by atoms with Crippen LogP contribution in [0.5, 0.6) is 0 Å². The Morgan fingerprint density at radius 1 is 1.03 bits per heavy atom. The number of halogens is 1. The molecule has 0 spiro atoms. The number of H-pyrrole nitrogens is 1. The fourth-order valence-corrected chi connectivity index (χ4v) is 4.47. The summed E-state index contributed by atoms with van der Waals surface area (Å²) in [5.41, 5.74) is 2.86. The Labute approximate surface area is 200 Å². The minimum Gasteiger partial charge on any atom is -0.481 e. The quantitative estimate of drug-likeness (QED) is 0.385. The Kier molecular flexibility index (Phi) is 7.04. The van der Waals surface area contributed by atoms with Gasteiger partial charge in [-0.1, -0.05) is 17.7 Å². The van der Waals surface area contributed by atoms with E-state index in [0.717, 1.165) is 11.2 Å². The molecular weight excluding hydrogens is 460 g/mol. The number of aromatic nitrogens is 1. The van der Waals surface area contributed by atoms with Gasteiger partial charge in [-0.15, -0.1) is 0 Å². The van der Waals surface area contributed by atoms with Crippen molar-refractivity contribution in [3.8, 4) is 0 Å². The average Bonchev–Trinajstić information content (AvgIpc) is 3.21. The molecule has 1 fully saturated rings. The Balaban J connectivity index is 1.52. The number of carboxylic acid groups (broad SMARTS) is 2. The van der Waals surface area contributed by atoms with Crippen LogP contribution in [-0.2, 0) is 14.4 Å². The lowest BCUT2D eigenvalue weighted by Crippen LogP contribution is -2.49. The van der Waals surface area contributed by atoms with Crippen LogP contribution in [0, 0.1) is 0 Å². The Hall–Kier alpha value is -3.56. The topological polar surface area (TPSA) is 126 Å². The van der Waals surface area contributed by atoms with Crippen LogP contribution in [0.4, 0.5) is 11.4 Å². The van der Waals surface area contributed by atoms with Crippen LogP contribution in [0.25, 0.3) is 10.9 Å². The second-order valence-corrected chi connectivity index (χ2v) is 8.63. The van der Waals surface area contributed by atoms with Crippen molar-refractivity contribution >= 4 is 51.7 Å². The highest BCUT2D eigenvalue weighted by Gasteiger charge is 2.32. The van der Waals surface area contributed by atoms with Crippen LogP contribution in [0.2, 0.25) is 5.02 Å². The molecule has 1 amide bonds. The van der Waals surface area contributed by atoms with E-state index < -0.39 is 23.9 Å². The molecule has 1 aliphatic rings. The molecule has 4 N–H and O–H groups in total. The second kappa shape index (κ2) is 10.1. The van der Waals surface area contributed by atoms with Crippen molar-refractivity contribution in [1.29, 1.82) is 0 Å². The van der Waals surface area contributed by atoms with Crippen molar-refractivity contribution in [3.05, 3.63) is 59.2 Å². The molecule has 0 unspecified atom stereocenters. The van der Waals surface area contributed by atoms with Gasteiger partial charge < -0.3 is 25.4 Å². The summed E-state index contributed by atoms with van der Waals surface area (Å²) in [7, 11) is 0. The molecule has 0 aliphatic carbocycles. The monoisotopic (exact) mass is 484 g/mol. The van der Waals surface area contributed by atoms with E-state index in [9.17, 15) is 19.5 Å². The average molecular weight is 485 g/mol. The summed E-state index contributed by atoms with van der Waals surface area (Å²) >= 11 is 6.11. The predicted octanol–water partition coefficient (Wildman–Crippen LogP) is 3.57. The van der Waals surface area contributed by atoms with E-state index in [2.05, 4.69) is 15.2 Å². The van der Waals surface area contributed by atoms with Gasteiger partial charge in [-0.25, -0.2) is 0 Å². The highest BCUT2D eigenvalue weighted by atomic mass is 35.5. The largest absolute Gasteiger partial charge is 0.481 e. The molecular formula is C24H25ClN4O5. The van der Waals surface area contributed by atoms with Crippen molar-refractivity contribution in [1.82, 2.24) is 9.88 Å². The van der Waals surface area contributed by atoms with Gasteiger partial charge in [-0.05, 0) is 36.4 Å². The van der Waals surface area contributed by atoms with E-state index in [4.69, 9.17) is 16.7 Å². The first kappa shape index (κ1) is 23.6. The number of aliphatic carboxylic acids is 2. The number of anilines is 2. The van der Waals surface area contributed by atoms with Crippen LogP contribution in [-0.4, -0.2) is 64.1 Å². The summed E-state index contributed by atoms with van der Waals surface area (Å²) in [6.07, 6.45) is 1.30. The van der Waals surface area contributed by atoms with Crippen LogP contribution in [0.15, 0.2) is 48.7 Å². The van der Waals surface area contributed by atoms with Gasteiger partial charge in [0, 0.05) is 71.7 Å². The predicted molar refractivity (Wildman–Crippen MR) is 129 cm³/mol. The number of nitrogens with zero attached hydrogens (tertiary/aromatic N) is 2. The summed E-state index contributed by atoms with van der Waals surface area (Å²) in [6, 6.07) is 11.9. The number of fused-ring (bicyclic) bond motifs is 1. The van der Waals surface area contributed by atoms with Gasteiger partial charge >= 0.3 is 11.9 Å². The first-order valence-electron chi connectivity index (χ1n) is 10.9. The van der Waals surface area contributed by atoms with Gasteiger partial charge in [0.15, 0.2) is 0 Å². The fourth-order valence-electron chi connectivity index (χ4n) is 4.29. The molecule has 1 aliphatic heterocycles. The number of hydrogen-bond acceptors (Lipinski definition) is 5. The van der Waals surface area contributed by atoms with Crippen molar-refractivity contribution in [2.45, 2.75) is 18.9 Å². The third-order valence-electron chi connectivity index (χ3n) is 5.94. The van der Waals surface area contributed by atoms with E-state index >= 15 is 0 Å². The molecule has 0 bridgehead atoms. The number of nitrogens with one attached hydrogen (secondary N) is 2. The zero-order chi connectivity index (χ0) is 24.2. The molecule has 1 atom stereocenters. The van der Waals surface area contributed by atoms with Crippen molar-refractivity contribution in [2.75, 3.05) is 36.4 Å². The number of hydrogen-bond donors (Lipinski definition) is 4. The van der Waals surface area contributed by atoms with E-state index in [1.807, 2.05) is 29.2 Å². The number of piperazine rings is 1. The molecule has 3 aromatic rings. The van der Waals surface area contributed by atoms with Gasteiger partial charge in [-0.2, -0.15) is 0 Å². The lowest BCUT2D eigenvalue weighted by atomic mass is 10.0. The molecule has 0 saturated carbocycles. The number of aromatic amines is 1. The van der Waals surface area contributed by atoms with Gasteiger partial charge in [-0.3, -0.25) is 19.3 Å². The summed E-state index contributed by atoms with van der Waals surface area (Å²) in [5.74, 6) is -2.41. The van der Waals surface area contributed by atoms with Crippen molar-refractivity contribution in [3.63, 3.8) is 0 Å². The zero-order valence-electron chi connectivity index (χ0n) is 18.3. The summed E-state index contributed by atoms with van der Waals surface area (Å²) in [5, 5.41) is 22.9. The molecule has 4 rings (SSSR count). The summed E-state index contributed by atoms with van der Waals surface area (Å²) < 4.78 is 0. The molecule has 2 heterocycles. The number of carboxylic acids is 2. The maximum atomic E-state index is 12.3. The van der Waals surface area contributed by atoms with Gasteiger partial charge in [0.05, 0.1) is 6.42 Å². The summed E-state index contributed by atoms with van der Waals surface area (Å²) in [4.78, 5) is 42.3. The lowest BCUT2D eigenvalue weighted by molar-refractivity contribution is -0.143. The van der Waals surface area contributed by atoms with Gasteiger partial charge in [0.25, 0.3) is 0 Å². The summed E-state index contributed by atoms with van der Waals surface area (Å²) in [6.45, 7) is 2.44. The van der Waals surface area contributed by atoms with E-state index in [1.165, 1.54) is 0 Å². The highest BCUT2D eigenvalue weighted by Crippen LogP contribution is 2.32. The standard InChI is InChI=1S/C24H25ClN4O5/c25-15-2-1-3-17(12-15)28-8-10-29(11-9-28)23(24(33)34)19-14-26-20-5-4-16(13-18(19)20)27-21(30)6-7-22(31)32/h1-5,12-14,23,26H,6-11H2,(H,27,30)(H,31,32)(H,33,34)/t23-/m1/s1. The van der Waals surface area contributed by atoms with Crippen molar-refractivity contribution in [2.24, 2.45) is 0 Å². The molecule has 1 aromatic heterocycles. The highest BCUT2D eigenvalue weighted by molar-refractivity contribution is 6.30. The maximum absolute atomic E-state index is 12.3. The van der Waals surface area contributed by atoms with Crippen LogP contribution in [0.1, 0.15) is 24.4 Å². The number of benzene rings is 2. The molecule has 34 heavy (non-hydrogen) atoms. The molecule has 2 aromatic carbocycles. The van der Waals surface area contributed by atoms with E-state index in [0.29, 0.717) is 47.8 Å². The van der Waals surface area contributed by atoms with E-state index in [1.54, 1.807) is 24.4 Å². The second-order valence-electron chi connectivity index (χ2n) is 8.19. The lowest BCUT2D eigenvalue weighted by Gasteiger charge is -2.38. The molecule has 10 heteroatoms. The van der Waals surface area contributed by atoms with Crippen LogP contribution >= 0.6 is 11.6 Å². The number of carbonyl (C=O) groups excluding carboxylic acids is 1. The first-order chi connectivity index (χ1) is 16.3. The van der Waals surface area contributed by atoms with Gasteiger partial charge in [0.2, 0.25) is 5.91 Å². The molecule has 178 valence electrons. The van der Waals surface area contributed by atoms with Crippen LogP contribution < -0.4 is 10.2 Å². The Morgan fingerprint density at radius 3 is 2.47 bits per heavy atom. The van der Waals surface area contributed by atoms with Crippen LogP contribution in [0.3, 0.4) is 0 Å². The van der Waals surface area contributed by atoms with Gasteiger partial charge in [0.1, 0.15) is 6.04 Å². The first-order valence-corrected chi connectivity index (χ1v) is 11.3. The zero-order valence-corrected chi connectivity index (χ0v) is 19.1. The third-order valence-corrected chi connectivity index (χ3v) is 6.18. The Morgan fingerprint density at radius 2 is 1.79 bits per heavy atom. The third kappa shape index (κ3) is 5.32. The minimum atomic E-state index is -1.04. The molecule has 1 saturated heterocycles. The maximum Gasteiger partial charge on any atom is 0.325 e.